The lowest BCUT2D eigenvalue weighted by molar-refractivity contribution is -0.138. The van der Waals surface area contributed by atoms with E-state index in [0.717, 1.165) is 6.08 Å². The van der Waals surface area contributed by atoms with E-state index in [1.54, 1.807) is 0 Å². The third-order valence-electron chi connectivity index (χ3n) is 1.70. The van der Waals surface area contributed by atoms with Gasteiger partial charge in [-0.15, -0.1) is 0 Å². The topological polar surface area (TPSA) is 90.9 Å². The molecule has 0 spiro atoms. The highest BCUT2D eigenvalue weighted by Gasteiger charge is 2.02. The van der Waals surface area contributed by atoms with Gasteiger partial charge in [0.15, 0.2) is 0 Å². The average molecular weight is 271 g/mol. The summed E-state index contributed by atoms with van der Waals surface area (Å²) in [7, 11) is 0. The fraction of sp³-hybridized carbons (Fsp3) is 0.417. The summed E-state index contributed by atoms with van der Waals surface area (Å²) in [6.07, 6.45) is 0.976. The Morgan fingerprint density at radius 1 is 1.16 bits per heavy atom. The van der Waals surface area contributed by atoms with E-state index in [-0.39, 0.29) is 33.0 Å². The van der Waals surface area contributed by atoms with E-state index in [4.69, 9.17) is 9.47 Å². The molecule has 106 valence electrons. The summed E-state index contributed by atoms with van der Waals surface area (Å²) in [6, 6.07) is 0. The van der Waals surface area contributed by atoms with E-state index in [1.807, 2.05) is 0 Å². The number of ether oxygens (including phenoxy) is 3. The van der Waals surface area contributed by atoms with Crippen LogP contribution in [0.1, 0.15) is 0 Å². The molecule has 0 aliphatic carbocycles. The third kappa shape index (κ3) is 10.7. The van der Waals surface area contributed by atoms with Gasteiger partial charge in [-0.1, -0.05) is 13.2 Å². The molecule has 1 N–H and O–H groups in total. The van der Waals surface area contributed by atoms with Crippen LogP contribution in [0, 0.1) is 0 Å². The molecule has 0 saturated carbocycles. The number of carbonyl (C=O) groups excluding carboxylic acids is 3. The lowest BCUT2D eigenvalue weighted by Crippen LogP contribution is -2.29. The van der Waals surface area contributed by atoms with Gasteiger partial charge in [-0.25, -0.2) is 9.59 Å². The number of nitrogens with one attached hydrogen (secondary N) is 1. The summed E-state index contributed by atoms with van der Waals surface area (Å²) in [5.41, 5.74) is 0.326. The lowest BCUT2D eigenvalue weighted by atomic mass is 10.4. The Kier molecular flexibility index (Phi) is 9.73. The second-order valence-corrected chi connectivity index (χ2v) is 3.26. The first-order valence-electron chi connectivity index (χ1n) is 5.50. The maximum absolute atomic E-state index is 11.1. The number of amides is 1. The normalized spacial score (nSPS) is 9.26. The van der Waals surface area contributed by atoms with Crippen LogP contribution in [0.5, 0.6) is 0 Å². The molecule has 7 heteroatoms. The zero-order valence-electron chi connectivity index (χ0n) is 10.6. The minimum atomic E-state index is -0.646. The van der Waals surface area contributed by atoms with Crippen LogP contribution in [0.2, 0.25) is 0 Å². The molecule has 1 amide bonds. The fourth-order valence-corrected chi connectivity index (χ4v) is 0.849. The Morgan fingerprint density at radius 2 is 1.84 bits per heavy atom. The van der Waals surface area contributed by atoms with Crippen LogP contribution in [0.4, 0.5) is 4.79 Å². The molecular formula is C12H17NO6. The van der Waals surface area contributed by atoms with Crippen molar-refractivity contribution < 1.29 is 28.6 Å². The molecule has 0 bridgehead atoms. The monoisotopic (exact) mass is 271 g/mol. The predicted molar refractivity (Wildman–Crippen MR) is 66.5 cm³/mol. The van der Waals surface area contributed by atoms with E-state index in [2.05, 4.69) is 23.2 Å². The first kappa shape index (κ1) is 16.9. The molecule has 0 unspecified atom stereocenters. The lowest BCUT2D eigenvalue weighted by Gasteiger charge is -2.07. The second kappa shape index (κ2) is 11.0. The molecule has 0 aromatic carbocycles. The standard InChI is InChI=1S/C12H17NO6/c1-3-11(15)18-6-7-19-12(16)13-4-5-17-9-10(2)8-14/h3,8H,1-2,4-7,9H2,(H,13,16). The predicted octanol–water partition coefficient (Wildman–Crippen LogP) is 0.213. The number of carbonyl (C=O) groups is 3. The van der Waals surface area contributed by atoms with Crippen LogP contribution in [-0.2, 0) is 23.8 Å². The summed E-state index contributed by atoms with van der Waals surface area (Å²) < 4.78 is 14.3. The average Bonchev–Trinajstić information content (AvgIpc) is 2.42. The van der Waals surface area contributed by atoms with Gasteiger partial charge in [0.05, 0.1) is 13.2 Å². The molecular weight excluding hydrogens is 254 g/mol. The van der Waals surface area contributed by atoms with Crippen LogP contribution in [0.3, 0.4) is 0 Å². The Bertz CT molecular complexity index is 339. The molecule has 0 radical (unpaired) electrons. The molecule has 0 atom stereocenters. The van der Waals surface area contributed by atoms with Gasteiger partial charge in [0, 0.05) is 18.2 Å². The third-order valence-corrected chi connectivity index (χ3v) is 1.70. The number of hydrogen-bond acceptors (Lipinski definition) is 6. The minimum absolute atomic E-state index is 0.0338. The molecule has 0 aromatic rings. The van der Waals surface area contributed by atoms with Gasteiger partial charge in [-0.05, 0) is 0 Å². The summed E-state index contributed by atoms with van der Waals surface area (Å²) >= 11 is 0. The number of hydrogen-bond donors (Lipinski definition) is 1. The summed E-state index contributed by atoms with van der Waals surface area (Å²) in [4.78, 5) is 31.9. The smallest absolute Gasteiger partial charge is 0.407 e. The van der Waals surface area contributed by atoms with Gasteiger partial charge in [-0.2, -0.15) is 0 Å². The quantitative estimate of drug-likeness (QED) is 0.264. The molecule has 0 aromatic heterocycles. The number of aldehydes is 1. The minimum Gasteiger partial charge on any atom is -0.459 e. The molecule has 0 fully saturated rings. The number of esters is 1. The van der Waals surface area contributed by atoms with E-state index in [9.17, 15) is 14.4 Å². The maximum Gasteiger partial charge on any atom is 0.407 e. The van der Waals surface area contributed by atoms with Crippen LogP contribution in [0.15, 0.2) is 24.8 Å². The number of rotatable bonds is 10. The van der Waals surface area contributed by atoms with Gasteiger partial charge in [0.2, 0.25) is 0 Å². The first-order chi connectivity index (χ1) is 9.10. The van der Waals surface area contributed by atoms with Crippen LogP contribution >= 0.6 is 0 Å². The SMILES string of the molecule is C=CC(=O)OCCOC(=O)NCCOCC(=C)C=O. The van der Waals surface area contributed by atoms with Crippen LogP contribution in [0.25, 0.3) is 0 Å². The fourth-order valence-electron chi connectivity index (χ4n) is 0.849. The molecule has 0 rings (SSSR count). The Morgan fingerprint density at radius 3 is 2.47 bits per heavy atom. The van der Waals surface area contributed by atoms with Crippen molar-refractivity contribution in [3.8, 4) is 0 Å². The van der Waals surface area contributed by atoms with Crippen molar-refractivity contribution in [1.82, 2.24) is 5.32 Å². The van der Waals surface area contributed by atoms with E-state index < -0.39 is 12.1 Å². The van der Waals surface area contributed by atoms with Crippen molar-refractivity contribution in [2.75, 3.05) is 33.0 Å². The van der Waals surface area contributed by atoms with Crippen LogP contribution < -0.4 is 5.32 Å². The zero-order valence-corrected chi connectivity index (χ0v) is 10.6. The van der Waals surface area contributed by atoms with Gasteiger partial charge in [-0.3, -0.25) is 4.79 Å². The number of alkyl carbamates (subject to hydrolysis) is 1. The van der Waals surface area contributed by atoms with Crippen molar-refractivity contribution >= 4 is 18.3 Å². The highest BCUT2D eigenvalue weighted by molar-refractivity contribution is 5.81. The van der Waals surface area contributed by atoms with Gasteiger partial charge in [0.25, 0.3) is 0 Å². The van der Waals surface area contributed by atoms with Crippen molar-refractivity contribution in [2.45, 2.75) is 0 Å². The largest absolute Gasteiger partial charge is 0.459 e. The second-order valence-electron chi connectivity index (χ2n) is 3.26. The van der Waals surface area contributed by atoms with E-state index in [1.165, 1.54) is 0 Å². The van der Waals surface area contributed by atoms with Gasteiger partial charge in [0.1, 0.15) is 19.5 Å². The Labute approximate surface area is 111 Å². The molecule has 0 heterocycles. The highest BCUT2D eigenvalue weighted by Crippen LogP contribution is 1.86. The maximum atomic E-state index is 11.1. The summed E-state index contributed by atoms with van der Waals surface area (Å²) in [6.45, 7) is 7.14. The molecule has 0 aliphatic rings. The van der Waals surface area contributed by atoms with E-state index in [0.29, 0.717) is 11.9 Å². The van der Waals surface area contributed by atoms with Gasteiger partial charge < -0.3 is 19.5 Å². The zero-order chi connectivity index (χ0) is 14.5. The van der Waals surface area contributed by atoms with Crippen molar-refractivity contribution in [1.29, 1.82) is 0 Å². The van der Waals surface area contributed by atoms with Crippen molar-refractivity contribution in [3.63, 3.8) is 0 Å². The van der Waals surface area contributed by atoms with Crippen LogP contribution in [-0.4, -0.2) is 51.3 Å². The molecule has 19 heavy (non-hydrogen) atoms. The summed E-state index contributed by atoms with van der Waals surface area (Å²) in [5.74, 6) is -0.576. The van der Waals surface area contributed by atoms with E-state index >= 15 is 0 Å². The first-order valence-corrected chi connectivity index (χ1v) is 5.50. The Hall–Kier alpha value is -2.15. The van der Waals surface area contributed by atoms with Gasteiger partial charge >= 0.3 is 12.1 Å². The van der Waals surface area contributed by atoms with Crippen molar-refractivity contribution in [3.05, 3.63) is 24.8 Å². The molecule has 0 saturated heterocycles. The Balaban J connectivity index is 3.39. The highest BCUT2D eigenvalue weighted by atomic mass is 16.6. The molecule has 0 aliphatic heterocycles. The molecule has 7 nitrogen and oxygen atoms in total. The summed E-state index contributed by atoms with van der Waals surface area (Å²) in [5, 5.41) is 2.41. The van der Waals surface area contributed by atoms with Crippen molar-refractivity contribution in [2.24, 2.45) is 0 Å².